The van der Waals surface area contributed by atoms with Gasteiger partial charge in [0.25, 0.3) is 0 Å². The van der Waals surface area contributed by atoms with Gasteiger partial charge in [0, 0.05) is 0 Å². The molecule has 2 atom stereocenters. The molecule has 0 heterocycles. The zero-order chi connectivity index (χ0) is 6.69. The fourth-order valence-corrected chi connectivity index (χ4v) is 0.879. The van der Waals surface area contributed by atoms with E-state index in [1.807, 2.05) is 31.2 Å². The molecule has 0 radical (unpaired) electrons. The van der Waals surface area contributed by atoms with Gasteiger partial charge in [0.2, 0.25) is 0 Å². The molecular formula is C8H9N. The van der Waals surface area contributed by atoms with Crippen molar-refractivity contribution in [3.05, 3.63) is 24.3 Å². The van der Waals surface area contributed by atoms with E-state index in [1.54, 1.807) is 0 Å². The van der Waals surface area contributed by atoms with E-state index in [0.717, 1.165) is 0 Å². The highest BCUT2D eigenvalue weighted by molar-refractivity contribution is 5.18. The zero-order valence-electron chi connectivity index (χ0n) is 5.41. The van der Waals surface area contributed by atoms with E-state index in [-0.39, 0.29) is 5.92 Å². The normalized spacial score (nSPS) is 32.0. The molecule has 0 saturated carbocycles. The first-order valence-electron chi connectivity index (χ1n) is 3.09. The molecule has 1 rings (SSSR count). The molecule has 0 bridgehead atoms. The van der Waals surface area contributed by atoms with Crippen molar-refractivity contribution in [3.8, 4) is 6.07 Å². The van der Waals surface area contributed by atoms with Crippen molar-refractivity contribution >= 4 is 0 Å². The summed E-state index contributed by atoms with van der Waals surface area (Å²) in [7, 11) is 0. The van der Waals surface area contributed by atoms with Gasteiger partial charge in [-0.2, -0.15) is 5.26 Å². The molecule has 0 saturated heterocycles. The lowest BCUT2D eigenvalue weighted by atomic mass is 9.92. The second kappa shape index (κ2) is 2.50. The molecule has 0 fully saturated rings. The summed E-state index contributed by atoms with van der Waals surface area (Å²) in [6.07, 6.45) is 7.89. The van der Waals surface area contributed by atoms with Gasteiger partial charge in [0.05, 0.1) is 12.0 Å². The predicted molar refractivity (Wildman–Crippen MR) is 36.5 cm³/mol. The molecule has 2 unspecified atom stereocenters. The van der Waals surface area contributed by atoms with E-state index in [0.29, 0.717) is 5.92 Å². The minimum absolute atomic E-state index is 0.0926. The lowest BCUT2D eigenvalue weighted by Crippen LogP contribution is -2.05. The van der Waals surface area contributed by atoms with Crippen molar-refractivity contribution in [1.29, 1.82) is 5.26 Å². The average molecular weight is 119 g/mol. The second-order valence-corrected chi connectivity index (χ2v) is 2.28. The summed E-state index contributed by atoms with van der Waals surface area (Å²) < 4.78 is 0. The van der Waals surface area contributed by atoms with Crippen LogP contribution < -0.4 is 0 Å². The van der Waals surface area contributed by atoms with Gasteiger partial charge in [-0.15, -0.1) is 0 Å². The fourth-order valence-electron chi connectivity index (χ4n) is 0.879. The molecule has 0 N–H and O–H groups in total. The van der Waals surface area contributed by atoms with Crippen molar-refractivity contribution in [2.45, 2.75) is 6.92 Å². The maximum Gasteiger partial charge on any atom is 0.0706 e. The molecule has 0 aromatic heterocycles. The van der Waals surface area contributed by atoms with Crippen LogP contribution in [0.15, 0.2) is 24.3 Å². The van der Waals surface area contributed by atoms with Gasteiger partial charge in [-0.1, -0.05) is 31.2 Å². The van der Waals surface area contributed by atoms with E-state index in [1.165, 1.54) is 0 Å². The highest BCUT2D eigenvalue weighted by Crippen LogP contribution is 2.16. The number of allylic oxidation sites excluding steroid dienone is 4. The summed E-state index contributed by atoms with van der Waals surface area (Å²) in [6.45, 7) is 2.05. The summed E-state index contributed by atoms with van der Waals surface area (Å²) in [6, 6.07) is 2.22. The molecule has 0 amide bonds. The quantitative estimate of drug-likeness (QED) is 0.477. The maximum absolute atomic E-state index is 8.53. The van der Waals surface area contributed by atoms with Crippen LogP contribution in [0.1, 0.15) is 6.92 Å². The minimum atomic E-state index is 0.0926. The van der Waals surface area contributed by atoms with Gasteiger partial charge in [0.15, 0.2) is 0 Å². The van der Waals surface area contributed by atoms with Crippen LogP contribution in [0.3, 0.4) is 0 Å². The van der Waals surface area contributed by atoms with E-state index in [4.69, 9.17) is 5.26 Å². The van der Waals surface area contributed by atoms with Crippen molar-refractivity contribution in [2.75, 3.05) is 0 Å². The monoisotopic (exact) mass is 119 g/mol. The van der Waals surface area contributed by atoms with E-state index >= 15 is 0 Å². The van der Waals surface area contributed by atoms with Gasteiger partial charge in [-0.3, -0.25) is 0 Å². The summed E-state index contributed by atoms with van der Waals surface area (Å²) in [5, 5.41) is 8.53. The third kappa shape index (κ3) is 1.20. The largest absolute Gasteiger partial charge is 0.198 e. The third-order valence-electron chi connectivity index (χ3n) is 1.56. The van der Waals surface area contributed by atoms with Crippen molar-refractivity contribution in [1.82, 2.24) is 0 Å². The van der Waals surface area contributed by atoms with Crippen LogP contribution in [-0.4, -0.2) is 0 Å². The number of hydrogen-bond donors (Lipinski definition) is 0. The Balaban J connectivity index is 2.68. The standard InChI is InChI=1S/C8H9N/c1-7-4-2-3-5-8(7)6-9/h2-5,7-8H,1H3. The molecule has 0 aliphatic heterocycles. The molecule has 1 nitrogen and oxygen atoms in total. The first kappa shape index (κ1) is 6.10. The van der Waals surface area contributed by atoms with Crippen LogP contribution in [-0.2, 0) is 0 Å². The predicted octanol–water partition coefficient (Wildman–Crippen LogP) is 1.89. The first-order valence-corrected chi connectivity index (χ1v) is 3.09. The van der Waals surface area contributed by atoms with Crippen LogP contribution in [0.5, 0.6) is 0 Å². The Kier molecular flexibility index (Phi) is 1.69. The van der Waals surface area contributed by atoms with Crippen molar-refractivity contribution < 1.29 is 0 Å². The Morgan fingerprint density at radius 2 is 2.00 bits per heavy atom. The van der Waals surface area contributed by atoms with Crippen LogP contribution in [0.4, 0.5) is 0 Å². The summed E-state index contributed by atoms with van der Waals surface area (Å²) in [5.74, 6) is 0.481. The van der Waals surface area contributed by atoms with Crippen LogP contribution in [0.2, 0.25) is 0 Å². The van der Waals surface area contributed by atoms with Crippen molar-refractivity contribution in [3.63, 3.8) is 0 Å². The topological polar surface area (TPSA) is 23.8 Å². The summed E-state index contributed by atoms with van der Waals surface area (Å²) in [4.78, 5) is 0. The van der Waals surface area contributed by atoms with Gasteiger partial charge in [-0.05, 0) is 5.92 Å². The smallest absolute Gasteiger partial charge is 0.0706 e. The Labute approximate surface area is 55.3 Å². The number of hydrogen-bond acceptors (Lipinski definition) is 1. The molecule has 1 aliphatic rings. The highest BCUT2D eigenvalue weighted by Gasteiger charge is 2.11. The van der Waals surface area contributed by atoms with Gasteiger partial charge in [-0.25, -0.2) is 0 Å². The molecule has 9 heavy (non-hydrogen) atoms. The molecule has 1 aliphatic carbocycles. The maximum atomic E-state index is 8.53. The Bertz CT molecular complexity index is 183. The summed E-state index contributed by atoms with van der Waals surface area (Å²) in [5.41, 5.74) is 0. The zero-order valence-corrected chi connectivity index (χ0v) is 5.41. The molecular weight excluding hydrogens is 110 g/mol. The van der Waals surface area contributed by atoms with Crippen LogP contribution >= 0.6 is 0 Å². The van der Waals surface area contributed by atoms with Crippen LogP contribution in [0.25, 0.3) is 0 Å². The molecule has 46 valence electrons. The van der Waals surface area contributed by atoms with Gasteiger partial charge >= 0.3 is 0 Å². The Morgan fingerprint density at radius 3 is 2.44 bits per heavy atom. The lowest BCUT2D eigenvalue weighted by Gasteiger charge is -2.11. The van der Waals surface area contributed by atoms with E-state index in [9.17, 15) is 0 Å². The molecule has 0 aromatic carbocycles. The molecule has 0 aromatic rings. The Hall–Kier alpha value is -1.03. The number of nitriles is 1. The lowest BCUT2D eigenvalue weighted by molar-refractivity contribution is 0.617. The van der Waals surface area contributed by atoms with E-state index < -0.39 is 0 Å². The SMILES string of the molecule is CC1C=CC=CC1C#N. The van der Waals surface area contributed by atoms with E-state index in [2.05, 4.69) is 6.07 Å². The van der Waals surface area contributed by atoms with Gasteiger partial charge < -0.3 is 0 Å². The second-order valence-electron chi connectivity index (χ2n) is 2.28. The number of nitrogens with zero attached hydrogens (tertiary/aromatic N) is 1. The fraction of sp³-hybridized carbons (Fsp3) is 0.375. The minimum Gasteiger partial charge on any atom is -0.198 e. The first-order chi connectivity index (χ1) is 4.34. The Morgan fingerprint density at radius 1 is 1.33 bits per heavy atom. The van der Waals surface area contributed by atoms with Crippen LogP contribution in [0, 0.1) is 23.2 Å². The number of rotatable bonds is 0. The van der Waals surface area contributed by atoms with Crippen molar-refractivity contribution in [2.24, 2.45) is 11.8 Å². The highest BCUT2D eigenvalue weighted by atomic mass is 14.3. The van der Waals surface area contributed by atoms with Gasteiger partial charge in [0.1, 0.15) is 0 Å². The molecule has 1 heteroatoms. The third-order valence-corrected chi connectivity index (χ3v) is 1.56. The summed E-state index contributed by atoms with van der Waals surface area (Å²) >= 11 is 0. The molecule has 0 spiro atoms. The average Bonchev–Trinajstić information content (AvgIpc) is 1.89.